The Labute approximate surface area is 103 Å². The van der Waals surface area contributed by atoms with Crippen molar-refractivity contribution in [1.82, 2.24) is 14.5 Å². The second kappa shape index (κ2) is 3.99. The van der Waals surface area contributed by atoms with Gasteiger partial charge in [0.15, 0.2) is 0 Å². The Morgan fingerprint density at radius 3 is 3.11 bits per heavy atom. The molecule has 0 fully saturated rings. The molecule has 3 aromatic heterocycles. The molecule has 6 nitrogen and oxygen atoms in total. The molecule has 0 bridgehead atoms. The van der Waals surface area contributed by atoms with Crippen LogP contribution in [0.3, 0.4) is 0 Å². The van der Waals surface area contributed by atoms with Crippen molar-refractivity contribution in [3.05, 3.63) is 48.6 Å². The fourth-order valence-corrected chi connectivity index (χ4v) is 1.82. The van der Waals surface area contributed by atoms with Crippen molar-refractivity contribution < 1.29 is 4.42 Å². The summed E-state index contributed by atoms with van der Waals surface area (Å²) in [6.45, 7) is 0.489. The molecular weight excluding hydrogens is 230 g/mol. The molecule has 0 spiro atoms. The van der Waals surface area contributed by atoms with Gasteiger partial charge in [-0.25, -0.2) is 4.98 Å². The third kappa shape index (κ3) is 1.73. The number of fused-ring (bicyclic) bond motifs is 1. The fraction of sp³-hybridized carbons (Fsp3) is 0.0833. The summed E-state index contributed by atoms with van der Waals surface area (Å²) < 4.78 is 7.26. The molecule has 3 heterocycles. The first-order valence-electron chi connectivity index (χ1n) is 5.42. The molecule has 0 saturated carbocycles. The lowest BCUT2D eigenvalue weighted by Crippen LogP contribution is -2.11. The first-order chi connectivity index (χ1) is 8.74. The summed E-state index contributed by atoms with van der Waals surface area (Å²) in [7, 11) is 0. The first kappa shape index (κ1) is 10.5. The van der Waals surface area contributed by atoms with E-state index >= 15 is 0 Å². The van der Waals surface area contributed by atoms with Crippen LogP contribution >= 0.6 is 0 Å². The molecule has 0 saturated heterocycles. The van der Waals surface area contributed by atoms with Crippen molar-refractivity contribution in [3.63, 3.8) is 0 Å². The summed E-state index contributed by atoms with van der Waals surface area (Å²) in [6.07, 6.45) is 6.89. The predicted octanol–water partition coefficient (Wildman–Crippen LogP) is 1.36. The zero-order chi connectivity index (χ0) is 12.5. The number of oxazole rings is 1. The quantitative estimate of drug-likeness (QED) is 0.534. The number of aromatic nitrogens is 3. The maximum Gasteiger partial charge on any atom is 0.214 e. The van der Waals surface area contributed by atoms with Gasteiger partial charge < -0.3 is 14.7 Å². The number of nitrogens with zero attached hydrogens (tertiary/aromatic N) is 3. The van der Waals surface area contributed by atoms with E-state index in [1.807, 2.05) is 22.9 Å². The van der Waals surface area contributed by atoms with Crippen LogP contribution in [0.4, 0.5) is 0 Å². The second-order valence-corrected chi connectivity index (χ2v) is 3.92. The SMILES string of the molecule is N=C(N)c1coc(Cn2ccc3ccncc32)n1. The number of hydrogen-bond donors (Lipinski definition) is 2. The number of nitrogens with one attached hydrogen (secondary N) is 1. The Hall–Kier alpha value is -2.63. The lowest BCUT2D eigenvalue weighted by Gasteiger charge is -2.00. The molecule has 0 unspecified atom stereocenters. The Balaban J connectivity index is 1.93. The van der Waals surface area contributed by atoms with Gasteiger partial charge >= 0.3 is 0 Å². The van der Waals surface area contributed by atoms with Crippen molar-refractivity contribution in [2.24, 2.45) is 5.73 Å². The minimum atomic E-state index is -0.0935. The van der Waals surface area contributed by atoms with Crippen LogP contribution in [0.1, 0.15) is 11.6 Å². The topological polar surface area (TPSA) is 93.7 Å². The van der Waals surface area contributed by atoms with Crippen molar-refractivity contribution >= 4 is 16.7 Å². The average molecular weight is 241 g/mol. The summed E-state index contributed by atoms with van der Waals surface area (Å²) in [4.78, 5) is 8.23. The van der Waals surface area contributed by atoms with E-state index in [-0.39, 0.29) is 5.84 Å². The van der Waals surface area contributed by atoms with Crippen LogP contribution in [0.5, 0.6) is 0 Å². The molecular formula is C12H11N5O. The van der Waals surface area contributed by atoms with Gasteiger partial charge in [0, 0.05) is 17.8 Å². The zero-order valence-electron chi connectivity index (χ0n) is 9.50. The molecule has 0 aliphatic heterocycles. The van der Waals surface area contributed by atoms with Gasteiger partial charge in [0.05, 0.1) is 18.3 Å². The monoisotopic (exact) mass is 241 g/mol. The van der Waals surface area contributed by atoms with Crippen LogP contribution in [-0.4, -0.2) is 20.4 Å². The van der Waals surface area contributed by atoms with Gasteiger partial charge in [0.25, 0.3) is 0 Å². The molecule has 3 rings (SSSR count). The van der Waals surface area contributed by atoms with Crippen molar-refractivity contribution in [3.8, 4) is 0 Å². The summed E-state index contributed by atoms with van der Waals surface area (Å²) >= 11 is 0. The number of rotatable bonds is 3. The number of nitrogen functional groups attached to an aromatic ring is 1. The van der Waals surface area contributed by atoms with E-state index in [1.165, 1.54) is 6.26 Å². The molecule has 0 aromatic carbocycles. The van der Waals surface area contributed by atoms with Crippen molar-refractivity contribution in [2.75, 3.05) is 0 Å². The van der Waals surface area contributed by atoms with E-state index in [1.54, 1.807) is 12.4 Å². The third-order valence-electron chi connectivity index (χ3n) is 2.71. The Morgan fingerprint density at radius 1 is 1.44 bits per heavy atom. The van der Waals surface area contributed by atoms with E-state index < -0.39 is 0 Å². The molecule has 3 aromatic rings. The lowest BCUT2D eigenvalue weighted by molar-refractivity contribution is 0.481. The molecule has 3 N–H and O–H groups in total. The number of nitrogens with two attached hydrogens (primary N) is 1. The second-order valence-electron chi connectivity index (χ2n) is 3.92. The van der Waals surface area contributed by atoms with Crippen LogP contribution in [0, 0.1) is 5.41 Å². The van der Waals surface area contributed by atoms with Crippen molar-refractivity contribution in [1.29, 1.82) is 5.41 Å². The fourth-order valence-electron chi connectivity index (χ4n) is 1.82. The van der Waals surface area contributed by atoms with Gasteiger partial charge in [-0.3, -0.25) is 10.4 Å². The standard InChI is InChI=1S/C12H11N5O/c13-12(14)9-7-18-11(16-9)6-17-4-2-8-1-3-15-5-10(8)17/h1-5,7H,6H2,(H3,13,14). The third-order valence-corrected chi connectivity index (χ3v) is 2.71. The van der Waals surface area contributed by atoms with E-state index in [9.17, 15) is 0 Å². The van der Waals surface area contributed by atoms with Crippen LogP contribution in [0.2, 0.25) is 0 Å². The Kier molecular flexibility index (Phi) is 2.33. The van der Waals surface area contributed by atoms with Gasteiger partial charge in [-0.2, -0.15) is 0 Å². The maximum absolute atomic E-state index is 7.27. The highest BCUT2D eigenvalue weighted by Gasteiger charge is 2.08. The lowest BCUT2D eigenvalue weighted by atomic mass is 10.3. The summed E-state index contributed by atoms with van der Waals surface area (Å²) in [5, 5.41) is 8.38. The van der Waals surface area contributed by atoms with Gasteiger partial charge in [-0.05, 0) is 12.1 Å². The summed E-state index contributed by atoms with van der Waals surface area (Å²) in [6, 6.07) is 3.95. The van der Waals surface area contributed by atoms with Gasteiger partial charge in [0.1, 0.15) is 17.8 Å². The smallest absolute Gasteiger partial charge is 0.214 e. The highest BCUT2D eigenvalue weighted by atomic mass is 16.3. The Bertz CT molecular complexity index is 712. The Morgan fingerprint density at radius 2 is 2.33 bits per heavy atom. The van der Waals surface area contributed by atoms with E-state index in [4.69, 9.17) is 15.6 Å². The minimum Gasteiger partial charge on any atom is -0.446 e. The molecule has 0 aliphatic rings. The predicted molar refractivity (Wildman–Crippen MR) is 66.4 cm³/mol. The van der Waals surface area contributed by atoms with Crippen LogP contribution in [-0.2, 0) is 6.54 Å². The molecule has 0 aliphatic carbocycles. The van der Waals surface area contributed by atoms with Crippen LogP contribution in [0.15, 0.2) is 41.4 Å². The zero-order valence-corrected chi connectivity index (χ0v) is 9.50. The van der Waals surface area contributed by atoms with Crippen LogP contribution < -0.4 is 5.73 Å². The molecule has 0 atom stereocenters. The number of amidine groups is 1. The van der Waals surface area contributed by atoms with E-state index in [0.29, 0.717) is 18.1 Å². The maximum atomic E-state index is 7.27. The summed E-state index contributed by atoms with van der Waals surface area (Å²) in [5.74, 6) is 0.422. The van der Waals surface area contributed by atoms with E-state index in [2.05, 4.69) is 9.97 Å². The molecule has 18 heavy (non-hydrogen) atoms. The number of hydrogen-bond acceptors (Lipinski definition) is 4. The normalized spacial score (nSPS) is 10.9. The molecule has 90 valence electrons. The van der Waals surface area contributed by atoms with Gasteiger partial charge in [-0.1, -0.05) is 0 Å². The average Bonchev–Trinajstić information content (AvgIpc) is 2.98. The molecule has 0 amide bonds. The molecule has 0 radical (unpaired) electrons. The van der Waals surface area contributed by atoms with Gasteiger partial charge in [0.2, 0.25) is 5.89 Å². The number of pyridine rings is 1. The highest BCUT2D eigenvalue weighted by molar-refractivity contribution is 5.92. The largest absolute Gasteiger partial charge is 0.446 e. The van der Waals surface area contributed by atoms with Gasteiger partial charge in [-0.15, -0.1) is 0 Å². The molecule has 6 heteroatoms. The highest BCUT2D eigenvalue weighted by Crippen LogP contribution is 2.15. The van der Waals surface area contributed by atoms with E-state index in [0.717, 1.165) is 10.9 Å². The summed E-state index contributed by atoms with van der Waals surface area (Å²) in [5.41, 5.74) is 6.71. The first-order valence-corrected chi connectivity index (χ1v) is 5.42. The van der Waals surface area contributed by atoms with Crippen molar-refractivity contribution in [2.45, 2.75) is 6.54 Å². The minimum absolute atomic E-state index is 0.0935. The van der Waals surface area contributed by atoms with Crippen LogP contribution in [0.25, 0.3) is 10.9 Å².